The van der Waals surface area contributed by atoms with Crippen molar-refractivity contribution < 1.29 is 0 Å². The van der Waals surface area contributed by atoms with E-state index in [2.05, 4.69) is 67.1 Å². The molecule has 0 saturated heterocycles. The van der Waals surface area contributed by atoms with Gasteiger partial charge in [-0.3, -0.25) is 0 Å². The van der Waals surface area contributed by atoms with Crippen LogP contribution in [-0.2, 0) is 0 Å². The molecule has 3 rings (SSSR count). The van der Waals surface area contributed by atoms with E-state index in [4.69, 9.17) is 17.2 Å². The Kier molecular flexibility index (Phi) is 6.30. The number of pyridine rings is 1. The first-order chi connectivity index (χ1) is 13.9. The van der Waals surface area contributed by atoms with Gasteiger partial charge in [-0.1, -0.05) is 24.3 Å². The molecule has 0 spiro atoms. The van der Waals surface area contributed by atoms with Crippen molar-refractivity contribution in [2.45, 2.75) is 27.7 Å². The van der Waals surface area contributed by atoms with Crippen molar-refractivity contribution in [1.29, 1.82) is 5.26 Å². The number of thiocarbonyl (C=S) groups is 1. The Labute approximate surface area is 177 Å². The number of nitrogens with zero attached hydrogens (tertiary/aromatic N) is 2. The molecule has 0 bridgehead atoms. The highest BCUT2D eigenvalue weighted by Crippen LogP contribution is 2.24. The summed E-state index contributed by atoms with van der Waals surface area (Å²) >= 11 is 5.39. The number of anilines is 2. The molecule has 0 fully saturated rings. The van der Waals surface area contributed by atoms with Gasteiger partial charge in [-0.2, -0.15) is 5.26 Å². The van der Waals surface area contributed by atoms with E-state index in [-0.39, 0.29) is 0 Å². The van der Waals surface area contributed by atoms with Crippen LogP contribution in [0.1, 0.15) is 27.8 Å². The number of hydrogen-bond acceptors (Lipinski definition) is 4. The molecular formula is C23H25N5S. The number of nitriles is 1. The topological polar surface area (TPSA) is 72.8 Å². The SMILES string of the molecule is Cc1ccc(C)c(NC(=S)NCCNc2nc3c(C)c(C)ccc3cc2C#N)c1. The number of benzene rings is 2. The summed E-state index contributed by atoms with van der Waals surface area (Å²) in [5.41, 5.74) is 7.10. The quantitative estimate of drug-likeness (QED) is 0.422. The third-order valence-electron chi connectivity index (χ3n) is 4.98. The Hall–Kier alpha value is -3.17. The fourth-order valence-corrected chi connectivity index (χ4v) is 3.31. The minimum absolute atomic E-state index is 0.539. The average Bonchev–Trinajstić information content (AvgIpc) is 2.70. The Bertz CT molecular complexity index is 1110. The lowest BCUT2D eigenvalue weighted by Crippen LogP contribution is -2.32. The number of aryl methyl sites for hydroxylation is 4. The van der Waals surface area contributed by atoms with E-state index in [1.165, 1.54) is 11.1 Å². The zero-order valence-corrected chi connectivity index (χ0v) is 18.0. The van der Waals surface area contributed by atoms with Gasteiger partial charge in [0.1, 0.15) is 11.9 Å². The van der Waals surface area contributed by atoms with Crippen LogP contribution in [0, 0.1) is 39.0 Å². The highest BCUT2D eigenvalue weighted by Gasteiger charge is 2.09. The third kappa shape index (κ3) is 4.82. The second kappa shape index (κ2) is 8.89. The van der Waals surface area contributed by atoms with Gasteiger partial charge in [0.05, 0.1) is 11.1 Å². The molecular weight excluding hydrogens is 378 g/mol. The fraction of sp³-hybridized carbons (Fsp3) is 0.261. The summed E-state index contributed by atoms with van der Waals surface area (Å²) in [7, 11) is 0. The van der Waals surface area contributed by atoms with Crippen LogP contribution in [-0.4, -0.2) is 23.2 Å². The van der Waals surface area contributed by atoms with Crippen LogP contribution in [0.3, 0.4) is 0 Å². The van der Waals surface area contributed by atoms with E-state index in [1.807, 2.05) is 19.1 Å². The number of hydrogen-bond donors (Lipinski definition) is 3. The second-order valence-corrected chi connectivity index (χ2v) is 7.61. The molecule has 6 heteroatoms. The monoisotopic (exact) mass is 403 g/mol. The number of aromatic nitrogens is 1. The van der Waals surface area contributed by atoms with E-state index >= 15 is 0 Å². The minimum atomic E-state index is 0.539. The molecule has 0 aliphatic heterocycles. The van der Waals surface area contributed by atoms with Crippen molar-refractivity contribution in [2.24, 2.45) is 0 Å². The highest BCUT2D eigenvalue weighted by molar-refractivity contribution is 7.80. The summed E-state index contributed by atoms with van der Waals surface area (Å²) < 4.78 is 0. The van der Waals surface area contributed by atoms with Crippen molar-refractivity contribution in [3.8, 4) is 6.07 Å². The highest BCUT2D eigenvalue weighted by atomic mass is 32.1. The summed E-state index contributed by atoms with van der Waals surface area (Å²) in [6.07, 6.45) is 0. The standard InChI is InChI=1S/C23H25N5S/c1-14-5-6-16(3)20(11-14)27-23(29)26-10-9-25-22-19(13-24)12-18-8-7-15(2)17(4)21(18)28-22/h5-8,11-12H,9-10H2,1-4H3,(H,25,28)(H2,26,27,29). The van der Waals surface area contributed by atoms with Gasteiger partial charge in [0, 0.05) is 24.2 Å². The van der Waals surface area contributed by atoms with Gasteiger partial charge < -0.3 is 16.0 Å². The first kappa shape index (κ1) is 20.6. The molecule has 0 saturated carbocycles. The largest absolute Gasteiger partial charge is 0.367 e. The first-order valence-corrected chi connectivity index (χ1v) is 9.97. The van der Waals surface area contributed by atoms with Gasteiger partial charge >= 0.3 is 0 Å². The second-order valence-electron chi connectivity index (χ2n) is 7.20. The number of rotatable bonds is 5. The Morgan fingerprint density at radius 3 is 2.55 bits per heavy atom. The summed E-state index contributed by atoms with van der Waals surface area (Å²) in [4.78, 5) is 4.70. The smallest absolute Gasteiger partial charge is 0.170 e. The van der Waals surface area contributed by atoms with Crippen LogP contribution < -0.4 is 16.0 Å². The summed E-state index contributed by atoms with van der Waals surface area (Å²) in [6, 6.07) is 14.4. The van der Waals surface area contributed by atoms with Crippen LogP contribution in [0.2, 0.25) is 0 Å². The first-order valence-electron chi connectivity index (χ1n) is 9.56. The van der Waals surface area contributed by atoms with E-state index in [0.717, 1.165) is 27.7 Å². The van der Waals surface area contributed by atoms with Crippen molar-refractivity contribution in [3.63, 3.8) is 0 Å². The number of nitrogens with one attached hydrogen (secondary N) is 3. The van der Waals surface area contributed by atoms with Gasteiger partial charge in [0.2, 0.25) is 0 Å². The molecule has 1 aromatic heterocycles. The van der Waals surface area contributed by atoms with E-state index in [9.17, 15) is 5.26 Å². The van der Waals surface area contributed by atoms with E-state index < -0.39 is 0 Å². The Morgan fingerprint density at radius 1 is 1.03 bits per heavy atom. The van der Waals surface area contributed by atoms with Crippen LogP contribution in [0.15, 0.2) is 36.4 Å². The van der Waals surface area contributed by atoms with E-state index in [1.54, 1.807) is 0 Å². The maximum absolute atomic E-state index is 9.48. The lowest BCUT2D eigenvalue weighted by atomic mass is 10.0. The normalized spacial score (nSPS) is 10.4. The predicted molar refractivity (Wildman–Crippen MR) is 125 cm³/mol. The number of fused-ring (bicyclic) bond motifs is 1. The molecule has 0 radical (unpaired) electrons. The molecule has 0 amide bonds. The third-order valence-corrected chi connectivity index (χ3v) is 5.22. The molecule has 0 aliphatic rings. The van der Waals surface area contributed by atoms with Gasteiger partial charge in [-0.25, -0.2) is 4.98 Å². The van der Waals surface area contributed by atoms with Gasteiger partial charge in [0.25, 0.3) is 0 Å². The molecule has 29 heavy (non-hydrogen) atoms. The van der Waals surface area contributed by atoms with Crippen molar-refractivity contribution in [2.75, 3.05) is 23.7 Å². The zero-order chi connectivity index (χ0) is 21.0. The lowest BCUT2D eigenvalue weighted by Gasteiger charge is -2.14. The Balaban J connectivity index is 1.62. The molecule has 5 nitrogen and oxygen atoms in total. The summed E-state index contributed by atoms with van der Waals surface area (Å²) in [5, 5.41) is 20.7. The molecule has 0 atom stereocenters. The maximum Gasteiger partial charge on any atom is 0.170 e. The predicted octanol–water partition coefficient (Wildman–Crippen LogP) is 4.74. The average molecular weight is 404 g/mol. The molecule has 0 unspecified atom stereocenters. The van der Waals surface area contributed by atoms with Gasteiger partial charge in [0.15, 0.2) is 5.11 Å². The van der Waals surface area contributed by atoms with Crippen molar-refractivity contribution in [1.82, 2.24) is 10.3 Å². The summed E-state index contributed by atoms with van der Waals surface area (Å²) in [6.45, 7) is 9.41. The van der Waals surface area contributed by atoms with Crippen LogP contribution in [0.25, 0.3) is 10.9 Å². The minimum Gasteiger partial charge on any atom is -0.367 e. The lowest BCUT2D eigenvalue weighted by molar-refractivity contribution is 0.910. The zero-order valence-electron chi connectivity index (χ0n) is 17.2. The maximum atomic E-state index is 9.48. The van der Waals surface area contributed by atoms with Crippen LogP contribution in [0.5, 0.6) is 0 Å². The fourth-order valence-electron chi connectivity index (χ4n) is 3.10. The van der Waals surface area contributed by atoms with E-state index in [0.29, 0.717) is 29.6 Å². The van der Waals surface area contributed by atoms with Gasteiger partial charge in [-0.05, 0) is 74.3 Å². The molecule has 0 aliphatic carbocycles. The molecule has 148 valence electrons. The summed E-state index contributed by atoms with van der Waals surface area (Å²) in [5.74, 6) is 0.601. The molecule has 2 aromatic carbocycles. The van der Waals surface area contributed by atoms with Gasteiger partial charge in [-0.15, -0.1) is 0 Å². The molecule has 3 aromatic rings. The molecule has 3 N–H and O–H groups in total. The van der Waals surface area contributed by atoms with Crippen LogP contribution >= 0.6 is 12.2 Å². The van der Waals surface area contributed by atoms with Crippen LogP contribution in [0.4, 0.5) is 11.5 Å². The Morgan fingerprint density at radius 2 is 1.79 bits per heavy atom. The van der Waals surface area contributed by atoms with Crippen molar-refractivity contribution in [3.05, 3.63) is 64.2 Å². The molecule has 1 heterocycles. The van der Waals surface area contributed by atoms with Crippen molar-refractivity contribution >= 4 is 39.7 Å².